The third-order valence-corrected chi connectivity index (χ3v) is 5.11. The van der Waals surface area contributed by atoms with E-state index in [1.807, 2.05) is 13.0 Å². The maximum absolute atomic E-state index is 14.0. The molecule has 5 heteroatoms. The molecule has 0 saturated carbocycles. The molecule has 2 aliphatic heterocycles. The molecule has 0 amide bonds. The minimum Gasteiger partial charge on any atom is -0.473 e. The molecule has 2 fully saturated rings. The zero-order valence-electron chi connectivity index (χ0n) is 13.9. The first kappa shape index (κ1) is 15.5. The first-order chi connectivity index (χ1) is 11.7. The Hall–Kier alpha value is -2.01. The number of benzene rings is 1. The van der Waals surface area contributed by atoms with Gasteiger partial charge in [0.2, 0.25) is 5.88 Å². The summed E-state index contributed by atoms with van der Waals surface area (Å²) >= 11 is 0. The lowest BCUT2D eigenvalue weighted by molar-refractivity contribution is 0.0123. The summed E-state index contributed by atoms with van der Waals surface area (Å²) in [6.07, 6.45) is 3.74. The Morgan fingerprint density at radius 3 is 2.83 bits per heavy atom. The van der Waals surface area contributed by atoms with E-state index in [0.717, 1.165) is 25.1 Å². The molecule has 2 aliphatic rings. The number of piperidine rings is 2. The van der Waals surface area contributed by atoms with Gasteiger partial charge in [0.25, 0.3) is 0 Å². The van der Waals surface area contributed by atoms with Crippen molar-refractivity contribution in [3.8, 4) is 17.1 Å². The SMILES string of the molecule is Cc1ccc(-c2ccc(O[C@@H]3CCN4CCC[C@@H]3C4)nn2)c(F)c1. The number of rotatable bonds is 3. The predicted molar refractivity (Wildman–Crippen MR) is 90.4 cm³/mol. The van der Waals surface area contributed by atoms with E-state index in [2.05, 4.69) is 15.1 Å². The van der Waals surface area contributed by atoms with Crippen LogP contribution in [-0.4, -0.2) is 40.8 Å². The fraction of sp³-hybridized carbons (Fsp3) is 0.474. The Morgan fingerprint density at radius 2 is 2.04 bits per heavy atom. The monoisotopic (exact) mass is 327 g/mol. The molecular weight excluding hydrogens is 305 g/mol. The van der Waals surface area contributed by atoms with E-state index in [4.69, 9.17) is 4.74 Å². The number of hydrogen-bond donors (Lipinski definition) is 0. The molecule has 24 heavy (non-hydrogen) atoms. The average Bonchev–Trinajstić information content (AvgIpc) is 2.59. The van der Waals surface area contributed by atoms with Crippen LogP contribution in [0.5, 0.6) is 5.88 Å². The summed E-state index contributed by atoms with van der Waals surface area (Å²) in [6, 6.07) is 8.72. The van der Waals surface area contributed by atoms with Crippen LogP contribution in [-0.2, 0) is 0 Å². The average molecular weight is 327 g/mol. The Labute approximate surface area is 141 Å². The second-order valence-electron chi connectivity index (χ2n) is 6.89. The van der Waals surface area contributed by atoms with Crippen LogP contribution in [0.3, 0.4) is 0 Å². The number of nitrogens with zero attached hydrogens (tertiary/aromatic N) is 3. The van der Waals surface area contributed by atoms with Gasteiger partial charge in [0.15, 0.2) is 0 Å². The van der Waals surface area contributed by atoms with E-state index < -0.39 is 0 Å². The largest absolute Gasteiger partial charge is 0.473 e. The zero-order valence-corrected chi connectivity index (χ0v) is 13.9. The van der Waals surface area contributed by atoms with Crippen molar-refractivity contribution < 1.29 is 9.13 Å². The van der Waals surface area contributed by atoms with E-state index in [-0.39, 0.29) is 11.9 Å². The van der Waals surface area contributed by atoms with Gasteiger partial charge in [-0.2, -0.15) is 0 Å². The second kappa shape index (κ2) is 6.48. The highest BCUT2D eigenvalue weighted by Gasteiger charge is 2.33. The fourth-order valence-electron chi connectivity index (χ4n) is 3.81. The number of fused-ring (bicyclic) bond motifs is 2. The van der Waals surface area contributed by atoms with Gasteiger partial charge in [-0.1, -0.05) is 6.07 Å². The van der Waals surface area contributed by atoms with Crippen LogP contribution >= 0.6 is 0 Å². The van der Waals surface area contributed by atoms with E-state index >= 15 is 0 Å². The lowest BCUT2D eigenvalue weighted by Crippen LogP contribution is -2.49. The number of aryl methyl sites for hydroxylation is 1. The molecule has 1 aromatic heterocycles. The zero-order chi connectivity index (χ0) is 16.5. The van der Waals surface area contributed by atoms with Crippen molar-refractivity contribution in [2.24, 2.45) is 5.92 Å². The predicted octanol–water partition coefficient (Wildman–Crippen LogP) is 3.45. The molecule has 3 heterocycles. The number of hydrogen-bond acceptors (Lipinski definition) is 4. The molecule has 126 valence electrons. The highest BCUT2D eigenvalue weighted by molar-refractivity contribution is 5.59. The summed E-state index contributed by atoms with van der Waals surface area (Å²) in [6.45, 7) is 5.32. The summed E-state index contributed by atoms with van der Waals surface area (Å²) in [5.74, 6) is 0.853. The Kier molecular flexibility index (Phi) is 4.19. The summed E-state index contributed by atoms with van der Waals surface area (Å²) in [7, 11) is 0. The van der Waals surface area contributed by atoms with Crippen molar-refractivity contribution in [3.63, 3.8) is 0 Å². The van der Waals surface area contributed by atoms with Crippen molar-refractivity contribution >= 4 is 0 Å². The van der Waals surface area contributed by atoms with Crippen molar-refractivity contribution in [3.05, 3.63) is 41.7 Å². The molecule has 2 bridgehead atoms. The topological polar surface area (TPSA) is 38.2 Å². The molecule has 4 rings (SSSR count). The summed E-state index contributed by atoms with van der Waals surface area (Å²) in [5.41, 5.74) is 1.90. The van der Waals surface area contributed by atoms with E-state index in [1.165, 1.54) is 25.5 Å². The van der Waals surface area contributed by atoms with Crippen LogP contribution in [0.2, 0.25) is 0 Å². The minimum absolute atomic E-state index is 0.220. The van der Waals surface area contributed by atoms with Gasteiger partial charge in [-0.15, -0.1) is 10.2 Å². The van der Waals surface area contributed by atoms with Gasteiger partial charge in [-0.25, -0.2) is 4.39 Å². The normalized spacial score (nSPS) is 26.2. The van der Waals surface area contributed by atoms with Crippen LogP contribution < -0.4 is 4.74 Å². The number of halogens is 1. The maximum Gasteiger partial charge on any atom is 0.233 e. The molecule has 0 spiro atoms. The van der Waals surface area contributed by atoms with Gasteiger partial charge in [0.05, 0.1) is 5.69 Å². The van der Waals surface area contributed by atoms with Crippen LogP contribution in [0.25, 0.3) is 11.3 Å². The second-order valence-corrected chi connectivity index (χ2v) is 6.89. The van der Waals surface area contributed by atoms with Crippen molar-refractivity contribution in [1.29, 1.82) is 0 Å². The van der Waals surface area contributed by atoms with Crippen LogP contribution in [0.4, 0.5) is 4.39 Å². The minimum atomic E-state index is -0.271. The first-order valence-corrected chi connectivity index (χ1v) is 8.68. The molecule has 2 aromatic rings. The first-order valence-electron chi connectivity index (χ1n) is 8.68. The van der Waals surface area contributed by atoms with E-state index in [0.29, 0.717) is 23.1 Å². The summed E-state index contributed by atoms with van der Waals surface area (Å²) in [5, 5.41) is 8.33. The molecule has 0 aliphatic carbocycles. The number of aromatic nitrogens is 2. The molecule has 4 nitrogen and oxygen atoms in total. The molecule has 1 aromatic carbocycles. The lowest BCUT2D eigenvalue weighted by atomic mass is 9.87. The van der Waals surface area contributed by atoms with Gasteiger partial charge in [0, 0.05) is 30.6 Å². The highest BCUT2D eigenvalue weighted by atomic mass is 19.1. The number of ether oxygens (including phenoxy) is 1. The summed E-state index contributed by atoms with van der Waals surface area (Å²) in [4.78, 5) is 2.52. The smallest absolute Gasteiger partial charge is 0.233 e. The van der Waals surface area contributed by atoms with Crippen LogP contribution in [0, 0.1) is 18.7 Å². The van der Waals surface area contributed by atoms with E-state index in [9.17, 15) is 4.39 Å². The van der Waals surface area contributed by atoms with Gasteiger partial charge in [-0.05, 0) is 56.5 Å². The molecule has 0 radical (unpaired) electrons. The van der Waals surface area contributed by atoms with Crippen molar-refractivity contribution in [2.45, 2.75) is 32.3 Å². The van der Waals surface area contributed by atoms with Gasteiger partial charge >= 0.3 is 0 Å². The van der Waals surface area contributed by atoms with Gasteiger partial charge in [0.1, 0.15) is 11.9 Å². The van der Waals surface area contributed by atoms with Gasteiger partial charge < -0.3 is 9.64 Å². The van der Waals surface area contributed by atoms with Crippen molar-refractivity contribution in [1.82, 2.24) is 15.1 Å². The third-order valence-electron chi connectivity index (χ3n) is 5.11. The molecule has 2 saturated heterocycles. The van der Waals surface area contributed by atoms with Crippen molar-refractivity contribution in [2.75, 3.05) is 19.6 Å². The Bertz CT molecular complexity index is 719. The van der Waals surface area contributed by atoms with Crippen LogP contribution in [0.1, 0.15) is 24.8 Å². The molecule has 3 atom stereocenters. The quantitative estimate of drug-likeness (QED) is 0.865. The fourth-order valence-corrected chi connectivity index (χ4v) is 3.81. The highest BCUT2D eigenvalue weighted by Crippen LogP contribution is 2.29. The van der Waals surface area contributed by atoms with Crippen LogP contribution in [0.15, 0.2) is 30.3 Å². The maximum atomic E-state index is 14.0. The standard InChI is InChI=1S/C19H22FN3O/c1-13-4-5-15(16(20)11-13)17-6-7-19(22-21-17)24-18-8-10-23-9-2-3-14(18)12-23/h4-7,11,14,18H,2-3,8-10,12H2,1H3/t14-,18-/m1/s1. The molecule has 1 unspecified atom stereocenters. The van der Waals surface area contributed by atoms with Gasteiger partial charge in [-0.3, -0.25) is 0 Å². The third kappa shape index (κ3) is 3.13. The Balaban J connectivity index is 1.47. The molecule has 0 N–H and O–H groups in total. The molecular formula is C19H22FN3O. The lowest BCUT2D eigenvalue weighted by Gasteiger charge is -2.42. The Morgan fingerprint density at radius 1 is 1.12 bits per heavy atom. The van der Waals surface area contributed by atoms with E-state index in [1.54, 1.807) is 18.2 Å². The summed E-state index contributed by atoms with van der Waals surface area (Å²) < 4.78 is 20.1.